The van der Waals surface area contributed by atoms with Crippen molar-refractivity contribution in [2.24, 2.45) is 0 Å². The fraction of sp³-hybridized carbons (Fsp3) is 0.364. The number of hydrogen-bond donors (Lipinski definition) is 0. The van der Waals surface area contributed by atoms with Crippen molar-refractivity contribution >= 4 is 12.1 Å². The standard InChI is InChI=1S/C22H25NO4/c24-21(26-16-8-13-18-9-3-1-4-10-18)20-14-7-15-23(20)22(25)27-17-19-11-5-2-6-12-19/h1-6,9-12,20H,7-8,13-17H2. The molecule has 142 valence electrons. The number of likely N-dealkylation sites (tertiary alicyclic amines) is 1. The molecular formula is C22H25NO4. The van der Waals surface area contributed by atoms with E-state index in [-0.39, 0.29) is 12.6 Å². The van der Waals surface area contributed by atoms with Crippen molar-refractivity contribution in [3.63, 3.8) is 0 Å². The highest BCUT2D eigenvalue weighted by Gasteiger charge is 2.36. The Morgan fingerprint density at radius 1 is 0.926 bits per heavy atom. The summed E-state index contributed by atoms with van der Waals surface area (Å²) in [5.74, 6) is -0.336. The van der Waals surface area contributed by atoms with Crippen molar-refractivity contribution in [1.29, 1.82) is 0 Å². The van der Waals surface area contributed by atoms with Gasteiger partial charge in [-0.15, -0.1) is 0 Å². The van der Waals surface area contributed by atoms with Gasteiger partial charge in [-0.1, -0.05) is 60.7 Å². The smallest absolute Gasteiger partial charge is 0.410 e. The molecule has 5 nitrogen and oxygen atoms in total. The van der Waals surface area contributed by atoms with Crippen LogP contribution in [0.4, 0.5) is 4.79 Å². The maximum Gasteiger partial charge on any atom is 0.410 e. The minimum absolute atomic E-state index is 0.203. The topological polar surface area (TPSA) is 55.8 Å². The summed E-state index contributed by atoms with van der Waals surface area (Å²) in [5, 5.41) is 0. The van der Waals surface area contributed by atoms with Crippen molar-refractivity contribution in [2.75, 3.05) is 13.2 Å². The van der Waals surface area contributed by atoms with Crippen LogP contribution in [0.1, 0.15) is 30.4 Å². The third-order valence-corrected chi connectivity index (χ3v) is 4.66. The van der Waals surface area contributed by atoms with Crippen LogP contribution in [0, 0.1) is 0 Å². The molecule has 1 unspecified atom stereocenters. The predicted octanol–water partition coefficient (Wildman–Crippen LogP) is 3.96. The van der Waals surface area contributed by atoms with Crippen LogP contribution < -0.4 is 0 Å². The first-order chi connectivity index (χ1) is 13.2. The van der Waals surface area contributed by atoms with Crippen molar-refractivity contribution in [1.82, 2.24) is 4.90 Å². The molecular weight excluding hydrogens is 342 g/mol. The molecule has 1 aliphatic heterocycles. The molecule has 0 aromatic heterocycles. The van der Waals surface area contributed by atoms with Gasteiger partial charge < -0.3 is 9.47 Å². The molecule has 2 aromatic carbocycles. The van der Waals surface area contributed by atoms with E-state index in [1.165, 1.54) is 10.5 Å². The first-order valence-electron chi connectivity index (χ1n) is 9.42. The molecule has 0 N–H and O–H groups in total. The number of ether oxygens (including phenoxy) is 2. The van der Waals surface area contributed by atoms with E-state index in [0.717, 1.165) is 24.8 Å². The number of esters is 1. The van der Waals surface area contributed by atoms with E-state index in [9.17, 15) is 9.59 Å². The highest BCUT2D eigenvalue weighted by Crippen LogP contribution is 2.20. The minimum Gasteiger partial charge on any atom is -0.464 e. The van der Waals surface area contributed by atoms with Crippen LogP contribution in [-0.4, -0.2) is 36.2 Å². The number of amides is 1. The van der Waals surface area contributed by atoms with E-state index in [0.29, 0.717) is 19.6 Å². The van der Waals surface area contributed by atoms with Gasteiger partial charge in [-0.3, -0.25) is 4.90 Å². The highest BCUT2D eigenvalue weighted by molar-refractivity contribution is 5.82. The van der Waals surface area contributed by atoms with Gasteiger partial charge in [0.05, 0.1) is 6.61 Å². The summed E-state index contributed by atoms with van der Waals surface area (Å²) in [4.78, 5) is 26.2. The third kappa shape index (κ3) is 5.58. The number of aryl methyl sites for hydroxylation is 1. The number of benzene rings is 2. The summed E-state index contributed by atoms with van der Waals surface area (Å²) < 4.78 is 10.8. The van der Waals surface area contributed by atoms with Gasteiger partial charge in [-0.05, 0) is 36.8 Å². The largest absolute Gasteiger partial charge is 0.464 e. The molecule has 27 heavy (non-hydrogen) atoms. The van der Waals surface area contributed by atoms with Crippen molar-refractivity contribution in [2.45, 2.75) is 38.3 Å². The third-order valence-electron chi connectivity index (χ3n) is 4.66. The zero-order valence-corrected chi connectivity index (χ0v) is 15.4. The summed E-state index contributed by atoms with van der Waals surface area (Å²) in [7, 11) is 0. The summed E-state index contributed by atoms with van der Waals surface area (Å²) in [6.45, 7) is 1.09. The Bertz CT molecular complexity index is 732. The predicted molar refractivity (Wildman–Crippen MR) is 102 cm³/mol. The zero-order valence-electron chi connectivity index (χ0n) is 15.4. The van der Waals surface area contributed by atoms with Gasteiger partial charge in [-0.2, -0.15) is 0 Å². The molecule has 1 aliphatic rings. The molecule has 0 saturated carbocycles. The zero-order chi connectivity index (χ0) is 18.9. The van der Waals surface area contributed by atoms with Crippen LogP contribution in [0.3, 0.4) is 0 Å². The number of carbonyl (C=O) groups is 2. The van der Waals surface area contributed by atoms with Crippen LogP contribution in [0.15, 0.2) is 60.7 Å². The summed E-state index contributed by atoms with van der Waals surface area (Å²) in [6, 6.07) is 19.1. The average molecular weight is 367 g/mol. The van der Waals surface area contributed by atoms with E-state index >= 15 is 0 Å². The van der Waals surface area contributed by atoms with E-state index in [2.05, 4.69) is 12.1 Å². The van der Waals surface area contributed by atoms with Crippen molar-refractivity contribution in [3.05, 3.63) is 71.8 Å². The van der Waals surface area contributed by atoms with E-state index < -0.39 is 12.1 Å². The molecule has 1 amide bonds. The molecule has 5 heteroatoms. The fourth-order valence-electron chi connectivity index (χ4n) is 3.22. The monoisotopic (exact) mass is 367 g/mol. The van der Waals surface area contributed by atoms with E-state index in [1.807, 2.05) is 48.5 Å². The Balaban J connectivity index is 1.42. The lowest BCUT2D eigenvalue weighted by Crippen LogP contribution is -2.41. The molecule has 1 saturated heterocycles. The Labute approximate surface area is 159 Å². The fourth-order valence-corrected chi connectivity index (χ4v) is 3.22. The first-order valence-corrected chi connectivity index (χ1v) is 9.42. The molecule has 0 aliphatic carbocycles. The molecule has 0 bridgehead atoms. The Hall–Kier alpha value is -2.82. The number of rotatable bonds is 7. The molecule has 2 aromatic rings. The number of carbonyl (C=O) groups excluding carboxylic acids is 2. The van der Waals surface area contributed by atoms with Gasteiger partial charge in [0.25, 0.3) is 0 Å². The van der Waals surface area contributed by atoms with Crippen LogP contribution >= 0.6 is 0 Å². The second-order valence-electron chi connectivity index (χ2n) is 6.65. The van der Waals surface area contributed by atoms with Crippen LogP contribution in [-0.2, 0) is 27.3 Å². The van der Waals surface area contributed by atoms with Gasteiger partial charge in [0, 0.05) is 6.54 Å². The molecule has 3 rings (SSSR count). The summed E-state index contributed by atoms with van der Waals surface area (Å²) >= 11 is 0. The Morgan fingerprint density at radius 3 is 2.30 bits per heavy atom. The van der Waals surface area contributed by atoms with Crippen LogP contribution in [0.5, 0.6) is 0 Å². The summed E-state index contributed by atoms with van der Waals surface area (Å²) in [5.41, 5.74) is 2.14. The minimum atomic E-state index is -0.537. The molecule has 1 fully saturated rings. The number of hydrogen-bond acceptors (Lipinski definition) is 4. The Morgan fingerprint density at radius 2 is 1.59 bits per heavy atom. The Kier molecular flexibility index (Phi) is 6.85. The lowest BCUT2D eigenvalue weighted by Gasteiger charge is -2.22. The van der Waals surface area contributed by atoms with Gasteiger partial charge in [-0.25, -0.2) is 9.59 Å². The quantitative estimate of drug-likeness (QED) is 0.549. The van der Waals surface area contributed by atoms with Crippen LogP contribution in [0.2, 0.25) is 0 Å². The molecule has 0 radical (unpaired) electrons. The maximum absolute atomic E-state index is 12.4. The SMILES string of the molecule is O=C(OCCCc1ccccc1)C1CCCN1C(=O)OCc1ccccc1. The molecule has 1 heterocycles. The average Bonchev–Trinajstić information content (AvgIpc) is 3.21. The highest BCUT2D eigenvalue weighted by atomic mass is 16.6. The second kappa shape index (κ2) is 9.76. The lowest BCUT2D eigenvalue weighted by molar-refractivity contribution is -0.148. The van der Waals surface area contributed by atoms with E-state index in [4.69, 9.17) is 9.47 Å². The summed E-state index contributed by atoms with van der Waals surface area (Å²) in [6.07, 6.45) is 2.58. The molecule has 1 atom stereocenters. The van der Waals surface area contributed by atoms with Crippen molar-refractivity contribution in [3.8, 4) is 0 Å². The van der Waals surface area contributed by atoms with Gasteiger partial charge in [0.1, 0.15) is 12.6 Å². The van der Waals surface area contributed by atoms with Gasteiger partial charge in [0.2, 0.25) is 0 Å². The van der Waals surface area contributed by atoms with E-state index in [1.54, 1.807) is 0 Å². The maximum atomic E-state index is 12.4. The second-order valence-corrected chi connectivity index (χ2v) is 6.65. The lowest BCUT2D eigenvalue weighted by atomic mass is 10.1. The van der Waals surface area contributed by atoms with Gasteiger partial charge >= 0.3 is 12.1 Å². The van der Waals surface area contributed by atoms with Crippen LogP contribution in [0.25, 0.3) is 0 Å². The number of nitrogens with zero attached hydrogens (tertiary/aromatic N) is 1. The van der Waals surface area contributed by atoms with Crippen molar-refractivity contribution < 1.29 is 19.1 Å². The molecule has 0 spiro atoms. The normalized spacial score (nSPS) is 16.1. The first kappa shape index (κ1) is 19.0. The van der Waals surface area contributed by atoms with Gasteiger partial charge in [0.15, 0.2) is 0 Å².